The van der Waals surface area contributed by atoms with Crippen molar-refractivity contribution in [2.75, 3.05) is 37.7 Å². The normalized spacial score (nSPS) is 28.1. The standard InChI is InChI=1S/C26H36FN5O3S/c1-19-15-32(16-19)36(33,34)30-25-11-13-31(26-6-3-12-28-29-26)17-22(25)18-35-24-9-7-20(8-10-24)21-4-2-5-23(27)14-21/h2-6,12,14,19-20,22,24-25,30H,7-11,13,15-18H2,1H3/t20?,22-,24?,25-/m0/s1. The van der Waals surface area contributed by atoms with E-state index in [1.54, 1.807) is 18.3 Å². The Morgan fingerprint density at radius 2 is 1.89 bits per heavy atom. The number of piperidine rings is 1. The second-order valence-corrected chi connectivity index (χ2v) is 12.3. The number of halogens is 1. The van der Waals surface area contributed by atoms with E-state index in [0.29, 0.717) is 51.0 Å². The topological polar surface area (TPSA) is 87.7 Å². The third-order valence-corrected chi connectivity index (χ3v) is 9.41. The van der Waals surface area contributed by atoms with E-state index in [4.69, 9.17) is 4.74 Å². The van der Waals surface area contributed by atoms with Gasteiger partial charge >= 0.3 is 0 Å². The number of anilines is 1. The summed E-state index contributed by atoms with van der Waals surface area (Å²) in [7, 11) is -3.51. The molecule has 8 nitrogen and oxygen atoms in total. The van der Waals surface area contributed by atoms with Gasteiger partial charge in [0.25, 0.3) is 10.2 Å². The highest BCUT2D eigenvalue weighted by molar-refractivity contribution is 7.87. The average Bonchev–Trinajstić information content (AvgIpc) is 2.87. The Kier molecular flexibility index (Phi) is 7.85. The molecule has 1 N–H and O–H groups in total. The Hall–Kier alpha value is -2.14. The van der Waals surface area contributed by atoms with E-state index < -0.39 is 10.2 Å². The van der Waals surface area contributed by atoms with Gasteiger partial charge in [0.2, 0.25) is 0 Å². The van der Waals surface area contributed by atoms with E-state index in [1.165, 1.54) is 10.4 Å². The van der Waals surface area contributed by atoms with Crippen molar-refractivity contribution < 1.29 is 17.5 Å². The highest BCUT2D eigenvalue weighted by Gasteiger charge is 2.38. The molecule has 1 aromatic heterocycles. The van der Waals surface area contributed by atoms with Crippen LogP contribution in [-0.2, 0) is 14.9 Å². The summed E-state index contributed by atoms with van der Waals surface area (Å²) >= 11 is 0. The molecule has 0 radical (unpaired) electrons. The zero-order valence-electron chi connectivity index (χ0n) is 20.8. The quantitative estimate of drug-likeness (QED) is 0.578. The van der Waals surface area contributed by atoms with Crippen molar-refractivity contribution in [2.24, 2.45) is 11.8 Å². The lowest BCUT2D eigenvalue weighted by atomic mass is 9.82. The van der Waals surface area contributed by atoms with Gasteiger partial charge in [0.15, 0.2) is 5.82 Å². The van der Waals surface area contributed by atoms with Crippen LogP contribution in [0, 0.1) is 17.7 Å². The van der Waals surface area contributed by atoms with Crippen molar-refractivity contribution in [2.45, 2.75) is 57.1 Å². The maximum Gasteiger partial charge on any atom is 0.279 e. The van der Waals surface area contributed by atoms with Gasteiger partial charge in [0.05, 0.1) is 12.7 Å². The van der Waals surface area contributed by atoms with Crippen LogP contribution in [0.15, 0.2) is 42.6 Å². The summed E-state index contributed by atoms with van der Waals surface area (Å²) in [6.07, 6.45) is 6.24. The van der Waals surface area contributed by atoms with Crippen LogP contribution in [0.5, 0.6) is 0 Å². The summed E-state index contributed by atoms with van der Waals surface area (Å²) in [5.74, 6) is 1.38. The molecule has 0 unspecified atom stereocenters. The number of hydrogen-bond acceptors (Lipinski definition) is 6. The first-order valence-corrected chi connectivity index (χ1v) is 14.5. The Balaban J connectivity index is 1.20. The monoisotopic (exact) mass is 517 g/mol. The summed E-state index contributed by atoms with van der Waals surface area (Å²) in [6, 6.07) is 10.5. The minimum Gasteiger partial charge on any atom is -0.378 e. The van der Waals surface area contributed by atoms with Gasteiger partial charge in [-0.3, -0.25) is 0 Å². The van der Waals surface area contributed by atoms with Gasteiger partial charge in [-0.25, -0.2) is 4.39 Å². The Morgan fingerprint density at radius 3 is 2.58 bits per heavy atom. The largest absolute Gasteiger partial charge is 0.378 e. The predicted octanol–water partition coefficient (Wildman–Crippen LogP) is 3.34. The molecule has 2 aromatic rings. The van der Waals surface area contributed by atoms with Gasteiger partial charge in [-0.15, -0.1) is 5.10 Å². The summed E-state index contributed by atoms with van der Waals surface area (Å²) in [6.45, 7) is 5.05. The SMILES string of the molecule is CC1CN(S(=O)(=O)N[C@H]2CCN(c3cccnn3)C[C@H]2COC2CCC(c3cccc(F)c3)CC2)C1. The summed E-state index contributed by atoms with van der Waals surface area (Å²) in [5.41, 5.74) is 1.06. The highest BCUT2D eigenvalue weighted by atomic mass is 32.2. The average molecular weight is 518 g/mol. The molecule has 1 aromatic carbocycles. The number of ether oxygens (including phenoxy) is 1. The first-order valence-electron chi connectivity index (χ1n) is 13.0. The van der Waals surface area contributed by atoms with Crippen LogP contribution < -0.4 is 9.62 Å². The van der Waals surface area contributed by atoms with Gasteiger partial charge < -0.3 is 9.64 Å². The number of benzene rings is 1. The Morgan fingerprint density at radius 1 is 1.08 bits per heavy atom. The predicted molar refractivity (Wildman–Crippen MR) is 136 cm³/mol. The van der Waals surface area contributed by atoms with Crippen molar-refractivity contribution in [3.05, 3.63) is 54.0 Å². The molecule has 10 heteroatoms. The van der Waals surface area contributed by atoms with Crippen LogP contribution in [-0.4, -0.2) is 67.9 Å². The number of nitrogens with zero attached hydrogens (tertiary/aromatic N) is 4. The molecule has 5 rings (SSSR count). The molecular formula is C26H36FN5O3S. The van der Waals surface area contributed by atoms with Crippen molar-refractivity contribution in [1.82, 2.24) is 19.2 Å². The van der Waals surface area contributed by atoms with E-state index >= 15 is 0 Å². The lowest BCUT2D eigenvalue weighted by Gasteiger charge is -2.42. The zero-order valence-corrected chi connectivity index (χ0v) is 21.6. The van der Waals surface area contributed by atoms with Gasteiger partial charge in [-0.2, -0.15) is 22.5 Å². The fourth-order valence-electron chi connectivity index (χ4n) is 5.71. The van der Waals surface area contributed by atoms with Crippen molar-refractivity contribution in [3.8, 4) is 0 Å². The van der Waals surface area contributed by atoms with E-state index in [0.717, 1.165) is 37.1 Å². The van der Waals surface area contributed by atoms with Gasteiger partial charge in [-0.1, -0.05) is 19.1 Å². The van der Waals surface area contributed by atoms with Gasteiger partial charge in [0.1, 0.15) is 5.82 Å². The molecule has 1 saturated carbocycles. The minimum absolute atomic E-state index is 0.00447. The van der Waals surface area contributed by atoms with Crippen molar-refractivity contribution in [1.29, 1.82) is 0 Å². The van der Waals surface area contributed by atoms with Crippen LogP contribution in [0.2, 0.25) is 0 Å². The minimum atomic E-state index is -3.51. The fraction of sp³-hybridized carbons (Fsp3) is 0.615. The smallest absolute Gasteiger partial charge is 0.279 e. The molecule has 0 amide bonds. The summed E-state index contributed by atoms with van der Waals surface area (Å²) < 4.78 is 50.4. The maximum atomic E-state index is 13.6. The molecule has 36 heavy (non-hydrogen) atoms. The van der Waals surface area contributed by atoms with Crippen LogP contribution in [0.3, 0.4) is 0 Å². The molecule has 1 aliphatic carbocycles. The third-order valence-electron chi connectivity index (χ3n) is 7.83. The van der Waals surface area contributed by atoms with E-state index in [9.17, 15) is 12.8 Å². The Bertz CT molecular complexity index is 1110. The van der Waals surface area contributed by atoms with Crippen LogP contribution >= 0.6 is 0 Å². The van der Waals surface area contributed by atoms with Crippen LogP contribution in [0.4, 0.5) is 10.2 Å². The first kappa shape index (κ1) is 25.5. The van der Waals surface area contributed by atoms with E-state index in [-0.39, 0.29) is 23.9 Å². The molecule has 2 saturated heterocycles. The molecule has 3 heterocycles. The van der Waals surface area contributed by atoms with Gasteiger partial charge in [-0.05, 0) is 73.8 Å². The summed E-state index contributed by atoms with van der Waals surface area (Å²) in [4.78, 5) is 2.17. The lowest BCUT2D eigenvalue weighted by molar-refractivity contribution is -0.00235. The lowest BCUT2D eigenvalue weighted by Crippen LogP contribution is -2.59. The molecule has 0 bridgehead atoms. The van der Waals surface area contributed by atoms with Crippen LogP contribution in [0.1, 0.15) is 50.5 Å². The number of aromatic nitrogens is 2. The molecule has 2 aliphatic heterocycles. The third kappa shape index (κ3) is 6.04. The Labute approximate surface area is 213 Å². The van der Waals surface area contributed by atoms with Crippen molar-refractivity contribution in [3.63, 3.8) is 0 Å². The second-order valence-electron chi connectivity index (χ2n) is 10.6. The second kappa shape index (κ2) is 11.1. The molecule has 0 spiro atoms. The fourth-order valence-corrected chi connectivity index (χ4v) is 7.46. The van der Waals surface area contributed by atoms with Crippen LogP contribution in [0.25, 0.3) is 0 Å². The molecule has 3 aliphatic rings. The van der Waals surface area contributed by atoms with Gasteiger partial charge in [0, 0.05) is 44.3 Å². The molecule has 196 valence electrons. The maximum absolute atomic E-state index is 13.6. The van der Waals surface area contributed by atoms with E-state index in [2.05, 4.69) is 26.7 Å². The molecule has 3 fully saturated rings. The zero-order chi connectivity index (χ0) is 25.1. The highest BCUT2D eigenvalue weighted by Crippen LogP contribution is 2.35. The van der Waals surface area contributed by atoms with E-state index in [1.807, 2.05) is 18.2 Å². The van der Waals surface area contributed by atoms with Crippen molar-refractivity contribution >= 4 is 16.0 Å². The number of hydrogen-bond donors (Lipinski definition) is 1. The number of nitrogens with one attached hydrogen (secondary N) is 1. The number of rotatable bonds is 8. The molecular weight excluding hydrogens is 481 g/mol. The first-order chi connectivity index (χ1) is 17.4. The summed E-state index contributed by atoms with van der Waals surface area (Å²) in [5, 5.41) is 8.25. The molecule has 2 atom stereocenters.